The van der Waals surface area contributed by atoms with Crippen molar-refractivity contribution in [3.05, 3.63) is 47.5 Å². The van der Waals surface area contributed by atoms with Crippen LogP contribution >= 0.6 is 0 Å². The summed E-state index contributed by atoms with van der Waals surface area (Å²) in [6.07, 6.45) is 4.05. The number of hydrogen-bond donors (Lipinski definition) is 1. The predicted molar refractivity (Wildman–Crippen MR) is 107 cm³/mol. The van der Waals surface area contributed by atoms with Gasteiger partial charge in [0.1, 0.15) is 17.3 Å². The van der Waals surface area contributed by atoms with Crippen LogP contribution in [0.5, 0.6) is 0 Å². The average molecular weight is 384 g/mol. The van der Waals surface area contributed by atoms with Crippen LogP contribution in [0.2, 0.25) is 0 Å². The molecule has 0 aromatic carbocycles. The smallest absolute Gasteiger partial charge is 0.255 e. The highest BCUT2D eigenvalue weighted by atomic mass is 16.5. The molecule has 1 N–H and O–H groups in total. The average Bonchev–Trinajstić information content (AvgIpc) is 3.41. The highest BCUT2D eigenvalue weighted by Crippen LogP contribution is 2.25. The zero-order valence-corrected chi connectivity index (χ0v) is 16.4. The number of hydrogen-bond acceptors (Lipinski definition) is 6. The molecule has 2 aromatic heterocycles. The van der Waals surface area contributed by atoms with E-state index in [1.807, 2.05) is 31.2 Å². The van der Waals surface area contributed by atoms with E-state index in [4.69, 9.17) is 9.15 Å². The lowest BCUT2D eigenvalue weighted by Gasteiger charge is -2.33. The van der Waals surface area contributed by atoms with Crippen molar-refractivity contribution >= 4 is 11.7 Å². The van der Waals surface area contributed by atoms with Gasteiger partial charge in [0.25, 0.3) is 5.91 Å². The molecule has 1 atom stereocenters. The molecule has 2 saturated heterocycles. The van der Waals surface area contributed by atoms with Gasteiger partial charge in [-0.1, -0.05) is 0 Å². The number of aromatic nitrogens is 1. The van der Waals surface area contributed by atoms with Crippen molar-refractivity contribution in [3.63, 3.8) is 0 Å². The Labute approximate surface area is 165 Å². The van der Waals surface area contributed by atoms with Crippen molar-refractivity contribution in [3.8, 4) is 0 Å². The molecule has 2 fully saturated rings. The number of rotatable bonds is 6. The van der Waals surface area contributed by atoms with Crippen LogP contribution in [-0.4, -0.2) is 61.7 Å². The SMILES string of the molecule is Cc1ccc(C(CNC(=O)c2cccnc2N2CCCC2)N2CCOCC2)o1. The van der Waals surface area contributed by atoms with E-state index < -0.39 is 0 Å². The summed E-state index contributed by atoms with van der Waals surface area (Å²) in [7, 11) is 0. The molecule has 0 bridgehead atoms. The molecule has 2 aliphatic rings. The van der Waals surface area contributed by atoms with E-state index >= 15 is 0 Å². The Morgan fingerprint density at radius 1 is 1.18 bits per heavy atom. The van der Waals surface area contributed by atoms with Crippen LogP contribution < -0.4 is 10.2 Å². The maximum Gasteiger partial charge on any atom is 0.255 e. The van der Waals surface area contributed by atoms with Gasteiger partial charge in [0.05, 0.1) is 24.8 Å². The highest BCUT2D eigenvalue weighted by molar-refractivity contribution is 5.98. The lowest BCUT2D eigenvalue weighted by atomic mass is 10.1. The van der Waals surface area contributed by atoms with Gasteiger partial charge in [0, 0.05) is 38.9 Å². The first-order chi connectivity index (χ1) is 13.7. The van der Waals surface area contributed by atoms with Gasteiger partial charge in [-0.3, -0.25) is 9.69 Å². The minimum atomic E-state index is -0.0865. The van der Waals surface area contributed by atoms with E-state index in [1.165, 1.54) is 0 Å². The third kappa shape index (κ3) is 4.20. The number of carbonyl (C=O) groups is 1. The maximum atomic E-state index is 13.0. The zero-order chi connectivity index (χ0) is 19.3. The van der Waals surface area contributed by atoms with Crippen LogP contribution in [0.4, 0.5) is 5.82 Å². The third-order valence-electron chi connectivity index (χ3n) is 5.47. The molecule has 2 aromatic rings. The van der Waals surface area contributed by atoms with Gasteiger partial charge in [-0.05, 0) is 44.0 Å². The Hall–Kier alpha value is -2.38. The molecule has 0 spiro atoms. The van der Waals surface area contributed by atoms with Crippen LogP contribution in [0, 0.1) is 6.92 Å². The Morgan fingerprint density at radius 3 is 2.68 bits per heavy atom. The largest absolute Gasteiger partial charge is 0.465 e. The number of furan rings is 1. The highest BCUT2D eigenvalue weighted by Gasteiger charge is 2.27. The molecule has 0 saturated carbocycles. The van der Waals surface area contributed by atoms with Crippen LogP contribution in [0.15, 0.2) is 34.9 Å². The van der Waals surface area contributed by atoms with Crippen molar-refractivity contribution in [1.29, 1.82) is 0 Å². The normalized spacial score (nSPS) is 19.0. The molecule has 4 rings (SSSR count). The Balaban J connectivity index is 1.48. The van der Waals surface area contributed by atoms with E-state index in [0.29, 0.717) is 25.3 Å². The minimum Gasteiger partial charge on any atom is -0.465 e. The molecule has 150 valence electrons. The molecule has 0 radical (unpaired) electrons. The molecular formula is C21H28N4O3. The first-order valence-electron chi connectivity index (χ1n) is 10.1. The number of ether oxygens (including phenoxy) is 1. The first kappa shape index (κ1) is 19.0. The van der Waals surface area contributed by atoms with Gasteiger partial charge in [-0.25, -0.2) is 4.98 Å². The van der Waals surface area contributed by atoms with E-state index in [1.54, 1.807) is 6.20 Å². The number of morpholine rings is 1. The van der Waals surface area contributed by atoms with Crippen molar-refractivity contribution in [2.45, 2.75) is 25.8 Å². The fourth-order valence-electron chi connectivity index (χ4n) is 3.97. The minimum absolute atomic E-state index is 0.00606. The number of anilines is 1. The second kappa shape index (κ2) is 8.75. The molecular weight excluding hydrogens is 356 g/mol. The van der Waals surface area contributed by atoms with Crippen molar-refractivity contribution in [2.24, 2.45) is 0 Å². The summed E-state index contributed by atoms with van der Waals surface area (Å²) in [5, 5.41) is 3.12. The van der Waals surface area contributed by atoms with E-state index in [-0.39, 0.29) is 11.9 Å². The Morgan fingerprint density at radius 2 is 1.96 bits per heavy atom. The van der Waals surface area contributed by atoms with Crippen molar-refractivity contribution < 1.29 is 13.9 Å². The summed E-state index contributed by atoms with van der Waals surface area (Å²) >= 11 is 0. The summed E-state index contributed by atoms with van der Waals surface area (Å²) < 4.78 is 11.4. The Bertz CT molecular complexity index is 794. The summed E-state index contributed by atoms with van der Waals surface area (Å²) in [4.78, 5) is 22.0. The van der Waals surface area contributed by atoms with Gasteiger partial charge in [0.15, 0.2) is 0 Å². The zero-order valence-electron chi connectivity index (χ0n) is 16.4. The monoisotopic (exact) mass is 384 g/mol. The first-order valence-corrected chi connectivity index (χ1v) is 10.1. The molecule has 2 aliphatic heterocycles. The number of amides is 1. The molecule has 7 nitrogen and oxygen atoms in total. The number of carbonyl (C=O) groups excluding carboxylic acids is 1. The van der Waals surface area contributed by atoms with Crippen molar-refractivity contribution in [1.82, 2.24) is 15.2 Å². The lowest BCUT2D eigenvalue weighted by Crippen LogP contribution is -2.43. The fraction of sp³-hybridized carbons (Fsp3) is 0.524. The number of nitrogens with zero attached hydrogens (tertiary/aromatic N) is 3. The molecule has 1 amide bonds. The second-order valence-corrected chi connectivity index (χ2v) is 7.39. The molecule has 7 heteroatoms. The standard InChI is InChI=1S/C21H28N4O3/c1-16-6-7-19(28-16)18(24-11-13-27-14-12-24)15-23-21(26)17-5-4-8-22-20(17)25-9-2-3-10-25/h4-8,18H,2-3,9-15H2,1H3,(H,23,26). The number of pyridine rings is 1. The van der Waals surface area contributed by atoms with Gasteiger partial charge >= 0.3 is 0 Å². The summed E-state index contributed by atoms with van der Waals surface area (Å²) in [5.41, 5.74) is 0.640. The fourth-order valence-corrected chi connectivity index (χ4v) is 3.97. The maximum absolute atomic E-state index is 13.0. The van der Waals surface area contributed by atoms with Crippen LogP contribution in [0.3, 0.4) is 0 Å². The number of nitrogens with one attached hydrogen (secondary N) is 1. The van der Waals surface area contributed by atoms with Gasteiger partial charge < -0.3 is 19.4 Å². The Kier molecular flexibility index (Phi) is 5.92. The molecule has 28 heavy (non-hydrogen) atoms. The lowest BCUT2D eigenvalue weighted by molar-refractivity contribution is 0.0117. The second-order valence-electron chi connectivity index (χ2n) is 7.39. The van der Waals surface area contributed by atoms with Crippen LogP contribution in [-0.2, 0) is 4.74 Å². The molecule has 4 heterocycles. The third-order valence-corrected chi connectivity index (χ3v) is 5.47. The van der Waals surface area contributed by atoms with Gasteiger partial charge in [-0.2, -0.15) is 0 Å². The topological polar surface area (TPSA) is 70.8 Å². The summed E-state index contributed by atoms with van der Waals surface area (Å²) in [6.45, 7) is 7.39. The van der Waals surface area contributed by atoms with Gasteiger partial charge in [-0.15, -0.1) is 0 Å². The van der Waals surface area contributed by atoms with E-state index in [2.05, 4.69) is 20.1 Å². The van der Waals surface area contributed by atoms with Gasteiger partial charge in [0.2, 0.25) is 0 Å². The van der Waals surface area contributed by atoms with E-state index in [9.17, 15) is 4.79 Å². The van der Waals surface area contributed by atoms with Crippen LogP contribution in [0.25, 0.3) is 0 Å². The van der Waals surface area contributed by atoms with E-state index in [0.717, 1.165) is 56.4 Å². The predicted octanol–water partition coefficient (Wildman–Crippen LogP) is 2.39. The summed E-state index contributed by atoms with van der Waals surface area (Å²) in [5.74, 6) is 2.46. The van der Waals surface area contributed by atoms with Crippen LogP contribution in [0.1, 0.15) is 40.8 Å². The quantitative estimate of drug-likeness (QED) is 0.825. The van der Waals surface area contributed by atoms with Crippen molar-refractivity contribution in [2.75, 3.05) is 50.8 Å². The number of aryl methyl sites for hydroxylation is 1. The molecule has 1 unspecified atom stereocenters. The summed E-state index contributed by atoms with van der Waals surface area (Å²) in [6, 6.07) is 7.65. The molecule has 0 aliphatic carbocycles.